The van der Waals surface area contributed by atoms with E-state index in [1.807, 2.05) is 31.4 Å². The highest BCUT2D eigenvalue weighted by atomic mass is 35.5. The molecular formula is C17H18ClN3O2S. The van der Waals surface area contributed by atoms with E-state index in [-0.39, 0.29) is 24.7 Å². The molecule has 2 aromatic rings. The Bertz CT molecular complexity index is 757. The van der Waals surface area contributed by atoms with Crippen LogP contribution in [-0.4, -0.2) is 17.5 Å². The van der Waals surface area contributed by atoms with Crippen molar-refractivity contribution in [3.8, 4) is 0 Å². The molecule has 0 saturated carbocycles. The first kappa shape index (κ1) is 18.2. The van der Waals surface area contributed by atoms with E-state index >= 15 is 0 Å². The minimum Gasteiger partial charge on any atom is -0.326 e. The molecule has 0 spiro atoms. The van der Waals surface area contributed by atoms with Crippen LogP contribution in [0, 0.1) is 6.92 Å². The Kier molecular flexibility index (Phi) is 6.52. The van der Waals surface area contributed by atoms with Crippen molar-refractivity contribution in [2.45, 2.75) is 26.7 Å². The summed E-state index contributed by atoms with van der Waals surface area (Å²) < 4.78 is 0. The van der Waals surface area contributed by atoms with Crippen LogP contribution in [-0.2, 0) is 9.59 Å². The fraction of sp³-hybridized carbons (Fsp3) is 0.235. The van der Waals surface area contributed by atoms with Gasteiger partial charge in [0.2, 0.25) is 11.8 Å². The van der Waals surface area contributed by atoms with Crippen LogP contribution in [0.4, 0.5) is 5.69 Å². The van der Waals surface area contributed by atoms with Gasteiger partial charge in [0.25, 0.3) is 0 Å². The Hall–Kier alpha value is -2.18. The monoisotopic (exact) mass is 363 g/mol. The third-order valence-electron chi connectivity index (χ3n) is 3.35. The molecule has 5 nitrogen and oxygen atoms in total. The highest BCUT2D eigenvalue weighted by molar-refractivity contribution is 7.12. The van der Waals surface area contributed by atoms with Crippen LogP contribution in [0.15, 0.2) is 40.8 Å². The molecular weight excluding hydrogens is 346 g/mol. The molecule has 2 amide bonds. The zero-order chi connectivity index (χ0) is 17.5. The molecule has 0 atom stereocenters. The summed E-state index contributed by atoms with van der Waals surface area (Å²) in [6.07, 6.45) is 0.137. The molecule has 0 unspecified atom stereocenters. The largest absolute Gasteiger partial charge is 0.326 e. The van der Waals surface area contributed by atoms with Gasteiger partial charge >= 0.3 is 0 Å². The van der Waals surface area contributed by atoms with Crippen LogP contribution < -0.4 is 10.7 Å². The van der Waals surface area contributed by atoms with Crippen molar-refractivity contribution in [2.24, 2.45) is 5.10 Å². The van der Waals surface area contributed by atoms with E-state index in [2.05, 4.69) is 15.8 Å². The maximum absolute atomic E-state index is 11.9. The molecule has 126 valence electrons. The molecule has 0 radical (unpaired) electrons. The van der Waals surface area contributed by atoms with Gasteiger partial charge in [0, 0.05) is 28.4 Å². The number of benzene rings is 1. The Labute approximate surface area is 149 Å². The number of hydrogen-bond donors (Lipinski definition) is 2. The molecule has 0 fully saturated rings. The third-order valence-corrected chi connectivity index (χ3v) is 4.74. The molecule has 1 aromatic heterocycles. The van der Waals surface area contributed by atoms with Crippen molar-refractivity contribution in [2.75, 3.05) is 5.32 Å². The summed E-state index contributed by atoms with van der Waals surface area (Å²) in [5.74, 6) is -0.543. The number of amides is 2. The van der Waals surface area contributed by atoms with Crippen LogP contribution >= 0.6 is 22.9 Å². The summed E-state index contributed by atoms with van der Waals surface area (Å²) >= 11 is 7.56. The highest BCUT2D eigenvalue weighted by Crippen LogP contribution is 2.23. The molecule has 24 heavy (non-hydrogen) atoms. The molecule has 0 bridgehead atoms. The SMILES string of the molecule is C/C(=N/NC(=O)CCC(=O)Nc1cccc(Cl)c1C)c1cccs1. The van der Waals surface area contributed by atoms with Gasteiger partial charge < -0.3 is 5.32 Å². The zero-order valence-corrected chi connectivity index (χ0v) is 15.0. The molecule has 7 heteroatoms. The first-order chi connectivity index (χ1) is 11.5. The van der Waals surface area contributed by atoms with Gasteiger partial charge in [-0.3, -0.25) is 9.59 Å². The number of thiophene rings is 1. The molecule has 0 aliphatic rings. The number of halogens is 1. The number of carbonyl (C=O) groups excluding carboxylic acids is 2. The smallest absolute Gasteiger partial charge is 0.240 e. The van der Waals surface area contributed by atoms with E-state index in [9.17, 15) is 9.59 Å². The summed E-state index contributed by atoms with van der Waals surface area (Å²) in [5, 5.41) is 9.32. The van der Waals surface area contributed by atoms with E-state index in [0.29, 0.717) is 10.7 Å². The normalized spacial score (nSPS) is 11.2. The third kappa shape index (κ3) is 5.18. The predicted octanol–water partition coefficient (Wildman–Crippen LogP) is 3.97. The Morgan fingerprint density at radius 1 is 1.17 bits per heavy atom. The van der Waals surface area contributed by atoms with Gasteiger partial charge in [-0.1, -0.05) is 23.7 Å². The summed E-state index contributed by atoms with van der Waals surface area (Å²) in [6, 6.07) is 9.14. The van der Waals surface area contributed by atoms with Crippen molar-refractivity contribution in [1.29, 1.82) is 0 Å². The van der Waals surface area contributed by atoms with Crippen LogP contribution in [0.5, 0.6) is 0 Å². The molecule has 1 aromatic carbocycles. The van der Waals surface area contributed by atoms with Gasteiger partial charge in [0.15, 0.2) is 0 Å². The van der Waals surface area contributed by atoms with Crippen molar-refractivity contribution >= 4 is 46.2 Å². The first-order valence-electron chi connectivity index (χ1n) is 7.39. The van der Waals surface area contributed by atoms with E-state index in [1.165, 1.54) is 0 Å². The van der Waals surface area contributed by atoms with Crippen LogP contribution in [0.25, 0.3) is 0 Å². The van der Waals surface area contributed by atoms with Gasteiger partial charge in [0.05, 0.1) is 5.71 Å². The van der Waals surface area contributed by atoms with Crippen molar-refractivity contribution in [3.63, 3.8) is 0 Å². The fourth-order valence-electron chi connectivity index (χ4n) is 1.92. The standard InChI is InChI=1S/C17H18ClN3O2S/c1-11-13(18)5-3-6-14(11)19-16(22)8-9-17(23)21-20-12(2)15-7-4-10-24-15/h3-7,10H,8-9H2,1-2H3,(H,19,22)(H,21,23)/b20-12-. The lowest BCUT2D eigenvalue weighted by Gasteiger charge is -2.09. The highest BCUT2D eigenvalue weighted by Gasteiger charge is 2.09. The number of anilines is 1. The Balaban J connectivity index is 1.80. The number of hydrogen-bond acceptors (Lipinski definition) is 4. The molecule has 0 saturated heterocycles. The summed E-state index contributed by atoms with van der Waals surface area (Å²) in [7, 11) is 0. The summed E-state index contributed by atoms with van der Waals surface area (Å²) in [5.41, 5.74) is 4.65. The summed E-state index contributed by atoms with van der Waals surface area (Å²) in [6.45, 7) is 3.65. The van der Waals surface area contributed by atoms with Crippen molar-refractivity contribution in [1.82, 2.24) is 5.43 Å². The Morgan fingerprint density at radius 3 is 2.62 bits per heavy atom. The maximum Gasteiger partial charge on any atom is 0.240 e. The average Bonchev–Trinajstić information content (AvgIpc) is 3.09. The minimum absolute atomic E-state index is 0.0622. The van der Waals surface area contributed by atoms with E-state index in [0.717, 1.165) is 16.2 Å². The molecule has 1 heterocycles. The fourth-order valence-corrected chi connectivity index (χ4v) is 2.78. The van der Waals surface area contributed by atoms with E-state index < -0.39 is 0 Å². The van der Waals surface area contributed by atoms with Crippen LogP contribution in [0.3, 0.4) is 0 Å². The lowest BCUT2D eigenvalue weighted by Crippen LogP contribution is -2.21. The van der Waals surface area contributed by atoms with Gasteiger partial charge in [-0.2, -0.15) is 5.10 Å². The minimum atomic E-state index is -0.302. The number of hydrazone groups is 1. The number of nitrogens with zero attached hydrogens (tertiary/aromatic N) is 1. The zero-order valence-electron chi connectivity index (χ0n) is 13.4. The van der Waals surface area contributed by atoms with Gasteiger partial charge in [-0.05, 0) is 43.0 Å². The Morgan fingerprint density at radius 2 is 1.92 bits per heavy atom. The molecule has 2 rings (SSSR count). The van der Waals surface area contributed by atoms with Crippen LogP contribution in [0.1, 0.15) is 30.2 Å². The lowest BCUT2D eigenvalue weighted by atomic mass is 10.2. The quantitative estimate of drug-likeness (QED) is 0.602. The van der Waals surface area contributed by atoms with Gasteiger partial charge in [-0.15, -0.1) is 11.3 Å². The number of rotatable bonds is 6. The lowest BCUT2D eigenvalue weighted by molar-refractivity contribution is -0.124. The molecule has 0 aliphatic heterocycles. The molecule has 2 N–H and O–H groups in total. The second-order valence-corrected chi connectivity index (χ2v) is 6.52. The first-order valence-corrected chi connectivity index (χ1v) is 8.65. The van der Waals surface area contributed by atoms with E-state index in [1.54, 1.807) is 29.5 Å². The van der Waals surface area contributed by atoms with Crippen molar-refractivity contribution in [3.05, 3.63) is 51.2 Å². The van der Waals surface area contributed by atoms with Gasteiger partial charge in [0.1, 0.15) is 0 Å². The maximum atomic E-state index is 11.9. The van der Waals surface area contributed by atoms with E-state index in [4.69, 9.17) is 11.6 Å². The van der Waals surface area contributed by atoms with Crippen LogP contribution in [0.2, 0.25) is 5.02 Å². The topological polar surface area (TPSA) is 70.6 Å². The summed E-state index contributed by atoms with van der Waals surface area (Å²) in [4.78, 5) is 24.7. The molecule has 0 aliphatic carbocycles. The second kappa shape index (κ2) is 8.61. The predicted molar refractivity (Wildman–Crippen MR) is 98.7 cm³/mol. The number of carbonyl (C=O) groups is 2. The number of nitrogens with one attached hydrogen (secondary N) is 2. The van der Waals surface area contributed by atoms with Crippen molar-refractivity contribution < 1.29 is 9.59 Å². The second-order valence-electron chi connectivity index (χ2n) is 5.17. The average molecular weight is 364 g/mol. The van der Waals surface area contributed by atoms with Gasteiger partial charge in [-0.25, -0.2) is 5.43 Å².